The summed E-state index contributed by atoms with van der Waals surface area (Å²) in [4.78, 5) is 21.7. The van der Waals surface area contributed by atoms with E-state index >= 15 is 0 Å². The van der Waals surface area contributed by atoms with Gasteiger partial charge in [-0.3, -0.25) is 14.9 Å². The van der Waals surface area contributed by atoms with Gasteiger partial charge in [0.25, 0.3) is 5.91 Å². The van der Waals surface area contributed by atoms with E-state index in [4.69, 9.17) is 4.74 Å². The third-order valence-corrected chi connectivity index (χ3v) is 2.53. The summed E-state index contributed by atoms with van der Waals surface area (Å²) in [5, 5.41) is 13.4. The van der Waals surface area contributed by atoms with Gasteiger partial charge in [-0.2, -0.15) is 0 Å². The summed E-state index contributed by atoms with van der Waals surface area (Å²) in [6, 6.07) is 2.83. The summed E-state index contributed by atoms with van der Waals surface area (Å²) in [7, 11) is 1.37. The van der Waals surface area contributed by atoms with E-state index in [2.05, 4.69) is 5.32 Å². The molecule has 0 radical (unpaired) electrons. The van der Waals surface area contributed by atoms with Gasteiger partial charge in [-0.05, 0) is 18.1 Å². The second kappa shape index (κ2) is 3.80. The molecule has 1 aromatic rings. The number of rotatable bonds is 2. The van der Waals surface area contributed by atoms with Crippen LogP contribution in [0.5, 0.6) is 5.75 Å². The molecule has 6 nitrogen and oxygen atoms in total. The Hall–Kier alpha value is -2.11. The zero-order chi connectivity index (χ0) is 11.7. The highest BCUT2D eigenvalue weighted by Crippen LogP contribution is 2.31. The average Bonchev–Trinajstić information content (AvgIpc) is 2.27. The number of nitrogens with zero attached hydrogens (tertiary/aromatic N) is 1. The third kappa shape index (κ3) is 1.58. The summed E-state index contributed by atoms with van der Waals surface area (Å²) >= 11 is 0. The normalized spacial score (nSPS) is 13.9. The zero-order valence-electron chi connectivity index (χ0n) is 8.65. The van der Waals surface area contributed by atoms with Crippen LogP contribution in [0.25, 0.3) is 0 Å². The van der Waals surface area contributed by atoms with Crippen LogP contribution in [0, 0.1) is 10.1 Å². The fourth-order valence-electron chi connectivity index (χ4n) is 1.74. The molecular weight excluding hydrogens is 212 g/mol. The van der Waals surface area contributed by atoms with Gasteiger partial charge in [0.1, 0.15) is 0 Å². The predicted octanol–water partition coefficient (Wildman–Crippen LogP) is 0.889. The van der Waals surface area contributed by atoms with Crippen LogP contribution in [0.3, 0.4) is 0 Å². The number of benzene rings is 1. The number of methoxy groups -OCH3 is 1. The van der Waals surface area contributed by atoms with Crippen molar-refractivity contribution in [2.75, 3.05) is 13.7 Å². The Morgan fingerprint density at radius 1 is 1.50 bits per heavy atom. The fourth-order valence-corrected chi connectivity index (χ4v) is 1.74. The Labute approximate surface area is 91.4 Å². The number of nitrogens with one attached hydrogen (secondary N) is 1. The Balaban J connectivity index is 2.60. The van der Waals surface area contributed by atoms with Gasteiger partial charge in [0.2, 0.25) is 0 Å². The van der Waals surface area contributed by atoms with Crippen LogP contribution in [0.4, 0.5) is 5.69 Å². The number of ether oxygens (including phenoxy) is 1. The van der Waals surface area contributed by atoms with Crippen LogP contribution in [0.1, 0.15) is 15.9 Å². The summed E-state index contributed by atoms with van der Waals surface area (Å²) in [5.74, 6) is -0.0783. The largest absolute Gasteiger partial charge is 0.490 e. The highest BCUT2D eigenvalue weighted by molar-refractivity contribution is 5.97. The van der Waals surface area contributed by atoms with Gasteiger partial charge in [-0.25, -0.2) is 0 Å². The Morgan fingerprint density at radius 3 is 2.88 bits per heavy atom. The quantitative estimate of drug-likeness (QED) is 0.595. The maximum Gasteiger partial charge on any atom is 0.311 e. The van der Waals surface area contributed by atoms with Crippen molar-refractivity contribution >= 4 is 11.6 Å². The predicted molar refractivity (Wildman–Crippen MR) is 55.7 cm³/mol. The molecule has 16 heavy (non-hydrogen) atoms. The second-order valence-corrected chi connectivity index (χ2v) is 3.44. The Kier molecular flexibility index (Phi) is 2.47. The first-order valence-electron chi connectivity index (χ1n) is 4.77. The molecule has 0 unspecified atom stereocenters. The third-order valence-electron chi connectivity index (χ3n) is 2.53. The van der Waals surface area contributed by atoms with Crippen LogP contribution >= 0.6 is 0 Å². The van der Waals surface area contributed by atoms with Crippen LogP contribution in [0.2, 0.25) is 0 Å². The molecular formula is C10H10N2O4. The minimum atomic E-state index is -0.555. The molecule has 0 fully saturated rings. The van der Waals surface area contributed by atoms with Crippen molar-refractivity contribution in [3.05, 3.63) is 33.4 Å². The lowest BCUT2D eigenvalue weighted by molar-refractivity contribution is -0.385. The highest BCUT2D eigenvalue weighted by atomic mass is 16.6. The van der Waals surface area contributed by atoms with Gasteiger partial charge < -0.3 is 10.1 Å². The summed E-state index contributed by atoms with van der Waals surface area (Å²) in [6.07, 6.45) is 0.662. The molecule has 1 heterocycles. The maximum atomic E-state index is 11.5. The fraction of sp³-hybridized carbons (Fsp3) is 0.300. The molecule has 6 heteroatoms. The smallest absolute Gasteiger partial charge is 0.311 e. The monoisotopic (exact) mass is 222 g/mol. The molecule has 1 aromatic carbocycles. The number of carbonyl (C=O) groups excluding carboxylic acids is 1. The minimum Gasteiger partial charge on any atom is -0.490 e. The Bertz CT molecular complexity index is 459. The lowest BCUT2D eigenvalue weighted by Crippen LogP contribution is -2.31. The molecule has 2 rings (SSSR count). The van der Waals surface area contributed by atoms with Crippen molar-refractivity contribution in [1.29, 1.82) is 0 Å². The van der Waals surface area contributed by atoms with E-state index in [1.807, 2.05) is 0 Å². The number of fused-ring (bicyclic) bond motifs is 1. The van der Waals surface area contributed by atoms with Crippen LogP contribution in [0.15, 0.2) is 12.1 Å². The molecule has 0 aromatic heterocycles. The van der Waals surface area contributed by atoms with Gasteiger partial charge >= 0.3 is 5.69 Å². The number of amides is 1. The number of hydrogen-bond donors (Lipinski definition) is 1. The molecule has 1 amide bonds. The molecule has 1 aliphatic rings. The van der Waals surface area contributed by atoms with Gasteiger partial charge in [-0.1, -0.05) is 0 Å². The van der Waals surface area contributed by atoms with E-state index in [9.17, 15) is 14.9 Å². The van der Waals surface area contributed by atoms with E-state index in [0.29, 0.717) is 18.5 Å². The van der Waals surface area contributed by atoms with Crippen molar-refractivity contribution in [1.82, 2.24) is 5.32 Å². The number of nitro groups is 1. The molecule has 0 saturated carbocycles. The van der Waals surface area contributed by atoms with E-state index in [1.165, 1.54) is 13.2 Å². The maximum absolute atomic E-state index is 11.5. The van der Waals surface area contributed by atoms with Crippen molar-refractivity contribution in [3.63, 3.8) is 0 Å². The minimum absolute atomic E-state index is 0.182. The van der Waals surface area contributed by atoms with Gasteiger partial charge in [0.05, 0.1) is 12.0 Å². The molecule has 0 saturated heterocycles. The van der Waals surface area contributed by atoms with Gasteiger partial charge in [0.15, 0.2) is 5.75 Å². The summed E-state index contributed by atoms with van der Waals surface area (Å²) in [6.45, 7) is 0.548. The molecule has 0 bridgehead atoms. The van der Waals surface area contributed by atoms with E-state index < -0.39 is 4.92 Å². The van der Waals surface area contributed by atoms with E-state index in [-0.39, 0.29) is 17.3 Å². The second-order valence-electron chi connectivity index (χ2n) is 3.44. The lowest BCUT2D eigenvalue weighted by Gasteiger charge is -2.16. The van der Waals surface area contributed by atoms with Gasteiger partial charge in [-0.15, -0.1) is 0 Å². The topological polar surface area (TPSA) is 81.5 Å². The first-order valence-corrected chi connectivity index (χ1v) is 4.77. The summed E-state index contributed by atoms with van der Waals surface area (Å²) < 4.78 is 4.93. The van der Waals surface area contributed by atoms with Crippen LogP contribution in [-0.2, 0) is 6.42 Å². The number of carbonyl (C=O) groups is 1. The summed E-state index contributed by atoms with van der Waals surface area (Å²) in [5.41, 5.74) is 0.961. The highest BCUT2D eigenvalue weighted by Gasteiger charge is 2.24. The number of hydrogen-bond acceptors (Lipinski definition) is 4. The van der Waals surface area contributed by atoms with Crippen molar-refractivity contribution in [2.45, 2.75) is 6.42 Å². The Morgan fingerprint density at radius 2 is 2.25 bits per heavy atom. The van der Waals surface area contributed by atoms with Crippen molar-refractivity contribution < 1.29 is 14.5 Å². The SMILES string of the molecule is COc1cc2c(cc1[N+](=O)[O-])C(=O)NCC2. The first kappa shape index (κ1) is 10.4. The lowest BCUT2D eigenvalue weighted by atomic mass is 9.99. The molecule has 1 aliphatic heterocycles. The van der Waals surface area contributed by atoms with Crippen molar-refractivity contribution in [3.8, 4) is 5.75 Å². The average molecular weight is 222 g/mol. The van der Waals surface area contributed by atoms with Crippen LogP contribution < -0.4 is 10.1 Å². The van der Waals surface area contributed by atoms with Crippen LogP contribution in [-0.4, -0.2) is 24.5 Å². The van der Waals surface area contributed by atoms with Crippen molar-refractivity contribution in [2.24, 2.45) is 0 Å². The zero-order valence-corrected chi connectivity index (χ0v) is 8.65. The molecule has 1 N–H and O–H groups in total. The molecule has 84 valence electrons. The molecule has 0 spiro atoms. The molecule has 0 aliphatic carbocycles. The molecule has 0 atom stereocenters. The standard InChI is InChI=1S/C10H10N2O4/c1-16-9-4-6-2-3-11-10(13)7(6)5-8(9)12(14)15/h4-5H,2-3H2,1H3,(H,11,13). The van der Waals surface area contributed by atoms with E-state index in [1.54, 1.807) is 6.07 Å². The van der Waals surface area contributed by atoms with Gasteiger partial charge in [0, 0.05) is 18.2 Å². The first-order chi connectivity index (χ1) is 7.63. The van der Waals surface area contributed by atoms with E-state index in [0.717, 1.165) is 5.56 Å². The number of nitro benzene ring substituents is 1.